The monoisotopic (exact) mass is 405 g/mol. The Labute approximate surface area is 178 Å². The van der Waals surface area contributed by atoms with E-state index in [9.17, 15) is 4.79 Å². The van der Waals surface area contributed by atoms with E-state index in [0.29, 0.717) is 11.5 Å². The molecular formula is C25H19N5O. The van der Waals surface area contributed by atoms with Crippen molar-refractivity contribution in [1.29, 1.82) is 0 Å². The number of nitrogens with one attached hydrogen (secondary N) is 2. The number of aromatic nitrogens is 3. The molecule has 5 rings (SSSR count). The van der Waals surface area contributed by atoms with E-state index >= 15 is 0 Å². The van der Waals surface area contributed by atoms with Crippen LogP contribution >= 0.6 is 0 Å². The van der Waals surface area contributed by atoms with Crippen molar-refractivity contribution in [2.75, 3.05) is 5.43 Å². The third-order valence-corrected chi connectivity index (χ3v) is 5.05. The molecule has 6 heteroatoms. The van der Waals surface area contributed by atoms with E-state index in [1.807, 2.05) is 85.8 Å². The summed E-state index contributed by atoms with van der Waals surface area (Å²) in [6, 6.07) is 25.5. The zero-order valence-electron chi connectivity index (χ0n) is 16.8. The average molecular weight is 405 g/mol. The van der Waals surface area contributed by atoms with E-state index in [0.717, 1.165) is 38.6 Å². The summed E-state index contributed by atoms with van der Waals surface area (Å²) in [7, 11) is 0. The molecule has 5 aromatic rings. The molecule has 0 radical (unpaired) electrons. The Morgan fingerprint density at radius 2 is 1.74 bits per heavy atom. The highest BCUT2D eigenvalue weighted by molar-refractivity contribution is 5.93. The summed E-state index contributed by atoms with van der Waals surface area (Å²) in [5.74, 6) is 0.363. The summed E-state index contributed by atoms with van der Waals surface area (Å²) >= 11 is 0. The fourth-order valence-electron chi connectivity index (χ4n) is 3.53. The maximum absolute atomic E-state index is 12.4. The number of pyridine rings is 1. The van der Waals surface area contributed by atoms with Gasteiger partial charge in [-0.1, -0.05) is 60.7 Å². The first-order valence-electron chi connectivity index (χ1n) is 9.92. The second-order valence-corrected chi connectivity index (χ2v) is 7.29. The van der Waals surface area contributed by atoms with E-state index in [-0.39, 0.29) is 5.56 Å². The molecule has 0 spiro atoms. The van der Waals surface area contributed by atoms with Crippen LogP contribution in [0.25, 0.3) is 33.1 Å². The van der Waals surface area contributed by atoms with Gasteiger partial charge in [-0.15, -0.1) is 0 Å². The number of hydrazone groups is 1. The molecule has 0 saturated carbocycles. The number of rotatable bonds is 4. The Morgan fingerprint density at radius 1 is 0.935 bits per heavy atom. The van der Waals surface area contributed by atoms with Gasteiger partial charge in [-0.2, -0.15) is 5.10 Å². The number of fused-ring (bicyclic) bond motifs is 2. The Hall–Kier alpha value is -4.32. The molecule has 0 saturated heterocycles. The second-order valence-electron chi connectivity index (χ2n) is 7.29. The molecule has 0 fully saturated rings. The van der Waals surface area contributed by atoms with Crippen LogP contribution < -0.4 is 11.0 Å². The molecule has 0 bridgehead atoms. The molecule has 3 aromatic carbocycles. The zero-order valence-corrected chi connectivity index (χ0v) is 16.8. The molecule has 0 aliphatic heterocycles. The Morgan fingerprint density at radius 3 is 2.61 bits per heavy atom. The van der Waals surface area contributed by atoms with Crippen LogP contribution in [0, 0.1) is 6.92 Å². The highest BCUT2D eigenvalue weighted by Gasteiger charge is 2.09. The van der Waals surface area contributed by atoms with Crippen LogP contribution in [-0.4, -0.2) is 21.2 Å². The lowest BCUT2D eigenvalue weighted by Gasteiger charge is -2.08. The van der Waals surface area contributed by atoms with Crippen molar-refractivity contribution >= 4 is 34.0 Å². The molecule has 2 aromatic heterocycles. The van der Waals surface area contributed by atoms with Crippen molar-refractivity contribution in [1.82, 2.24) is 15.0 Å². The fourth-order valence-corrected chi connectivity index (χ4v) is 3.53. The number of hydrogen-bond acceptors (Lipinski definition) is 5. The van der Waals surface area contributed by atoms with Gasteiger partial charge in [-0.05, 0) is 36.1 Å². The van der Waals surface area contributed by atoms with Crippen LogP contribution in [0.2, 0.25) is 0 Å². The minimum atomic E-state index is -0.201. The topological polar surface area (TPSA) is 83.0 Å². The lowest BCUT2D eigenvalue weighted by atomic mass is 10.1. The number of aromatic amines is 1. The van der Waals surface area contributed by atoms with Gasteiger partial charge in [-0.3, -0.25) is 4.79 Å². The van der Waals surface area contributed by atoms with Crippen molar-refractivity contribution in [3.63, 3.8) is 0 Å². The van der Waals surface area contributed by atoms with Gasteiger partial charge in [0.1, 0.15) is 0 Å². The van der Waals surface area contributed by atoms with Crippen molar-refractivity contribution in [2.24, 2.45) is 5.10 Å². The third-order valence-electron chi connectivity index (χ3n) is 5.05. The Kier molecular flexibility index (Phi) is 4.72. The SMILES string of the molecule is Cc1ccc2cc(/C=N/Nc3nc(-c4ccccc4)c4ccccc4n3)c(=O)[nH]c2c1. The minimum absolute atomic E-state index is 0.201. The van der Waals surface area contributed by atoms with Gasteiger partial charge in [0, 0.05) is 16.5 Å². The third kappa shape index (κ3) is 3.79. The average Bonchev–Trinajstić information content (AvgIpc) is 2.79. The lowest BCUT2D eigenvalue weighted by molar-refractivity contribution is 1.15. The van der Waals surface area contributed by atoms with Gasteiger partial charge in [0.05, 0.1) is 23.0 Å². The quantitative estimate of drug-likeness (QED) is 0.329. The van der Waals surface area contributed by atoms with Gasteiger partial charge < -0.3 is 4.98 Å². The summed E-state index contributed by atoms with van der Waals surface area (Å²) in [5, 5.41) is 6.13. The summed E-state index contributed by atoms with van der Waals surface area (Å²) in [4.78, 5) is 24.5. The van der Waals surface area contributed by atoms with E-state index in [1.165, 1.54) is 6.21 Å². The lowest BCUT2D eigenvalue weighted by Crippen LogP contribution is -2.12. The van der Waals surface area contributed by atoms with Crippen LogP contribution in [0.3, 0.4) is 0 Å². The highest BCUT2D eigenvalue weighted by atomic mass is 16.1. The van der Waals surface area contributed by atoms with Crippen LogP contribution in [0.5, 0.6) is 0 Å². The smallest absolute Gasteiger partial charge is 0.257 e. The number of nitrogens with zero attached hydrogens (tertiary/aromatic N) is 3. The summed E-state index contributed by atoms with van der Waals surface area (Å²) in [6.45, 7) is 1.99. The number of aryl methyl sites for hydroxylation is 1. The maximum Gasteiger partial charge on any atom is 0.257 e. The summed E-state index contributed by atoms with van der Waals surface area (Å²) < 4.78 is 0. The van der Waals surface area contributed by atoms with Gasteiger partial charge in [0.15, 0.2) is 0 Å². The predicted molar refractivity (Wildman–Crippen MR) is 125 cm³/mol. The molecule has 6 nitrogen and oxygen atoms in total. The molecule has 150 valence electrons. The maximum atomic E-state index is 12.4. The standard InChI is InChI=1S/C25H19N5O/c1-16-11-12-18-14-19(24(31)27-22(18)13-16)15-26-30-25-28-21-10-6-5-9-20(21)23(29-25)17-7-3-2-4-8-17/h2-15H,1H3,(H,27,31)(H,28,29,30)/b26-15+. The van der Waals surface area contributed by atoms with Crippen molar-refractivity contribution in [3.05, 3.63) is 100 Å². The predicted octanol–water partition coefficient (Wildman–Crippen LogP) is 4.89. The van der Waals surface area contributed by atoms with Gasteiger partial charge in [0.2, 0.25) is 5.95 Å². The zero-order chi connectivity index (χ0) is 21.2. The van der Waals surface area contributed by atoms with Gasteiger partial charge >= 0.3 is 0 Å². The fraction of sp³-hybridized carbons (Fsp3) is 0.0400. The number of hydrogen-bond donors (Lipinski definition) is 2. The first kappa shape index (κ1) is 18.7. The van der Waals surface area contributed by atoms with Crippen molar-refractivity contribution < 1.29 is 0 Å². The van der Waals surface area contributed by atoms with E-state index in [2.05, 4.69) is 25.5 Å². The van der Waals surface area contributed by atoms with Crippen LogP contribution in [0.4, 0.5) is 5.95 Å². The van der Waals surface area contributed by atoms with Crippen molar-refractivity contribution in [2.45, 2.75) is 6.92 Å². The molecular weight excluding hydrogens is 386 g/mol. The van der Waals surface area contributed by atoms with E-state index in [1.54, 1.807) is 0 Å². The Bertz CT molecular complexity index is 1490. The summed E-state index contributed by atoms with van der Waals surface area (Å²) in [5.41, 5.74) is 7.65. The van der Waals surface area contributed by atoms with Gasteiger partial charge in [0.25, 0.3) is 5.56 Å². The molecule has 0 unspecified atom stereocenters. The Balaban J connectivity index is 1.49. The molecule has 31 heavy (non-hydrogen) atoms. The van der Waals surface area contributed by atoms with Gasteiger partial charge in [-0.25, -0.2) is 15.4 Å². The van der Waals surface area contributed by atoms with E-state index in [4.69, 9.17) is 0 Å². The molecule has 0 atom stereocenters. The van der Waals surface area contributed by atoms with Crippen LogP contribution in [0.15, 0.2) is 88.8 Å². The largest absolute Gasteiger partial charge is 0.321 e. The molecule has 0 aliphatic carbocycles. The highest BCUT2D eigenvalue weighted by Crippen LogP contribution is 2.27. The molecule has 0 aliphatic rings. The number of anilines is 1. The minimum Gasteiger partial charge on any atom is -0.321 e. The van der Waals surface area contributed by atoms with Crippen LogP contribution in [0.1, 0.15) is 11.1 Å². The first-order valence-corrected chi connectivity index (χ1v) is 9.92. The first-order chi connectivity index (χ1) is 15.2. The molecule has 0 amide bonds. The second kappa shape index (κ2) is 7.84. The van der Waals surface area contributed by atoms with E-state index < -0.39 is 0 Å². The van der Waals surface area contributed by atoms with Crippen LogP contribution in [-0.2, 0) is 0 Å². The number of para-hydroxylation sites is 1. The normalized spacial score (nSPS) is 11.4. The number of H-pyrrole nitrogens is 1. The summed E-state index contributed by atoms with van der Waals surface area (Å²) in [6.07, 6.45) is 1.48. The molecule has 2 heterocycles. The molecule has 2 N–H and O–H groups in total. The number of benzene rings is 3. The van der Waals surface area contributed by atoms with Crippen molar-refractivity contribution in [3.8, 4) is 11.3 Å².